The molecular formula is C18H19ClN4O3. The Morgan fingerprint density at radius 2 is 2.12 bits per heavy atom. The number of hydroxylamine groups is 1. The molecule has 3 rings (SSSR count). The number of amides is 1. The number of rotatable bonds is 5. The summed E-state index contributed by atoms with van der Waals surface area (Å²) in [6, 6.07) is 7.60. The van der Waals surface area contributed by atoms with Crippen LogP contribution in [0, 0.1) is 5.92 Å². The van der Waals surface area contributed by atoms with Crippen molar-refractivity contribution >= 4 is 29.5 Å². The predicted octanol–water partition coefficient (Wildman–Crippen LogP) is 1.78. The lowest BCUT2D eigenvalue weighted by molar-refractivity contribution is -0.131. The third-order valence-corrected chi connectivity index (χ3v) is 4.64. The summed E-state index contributed by atoms with van der Waals surface area (Å²) in [6.45, 7) is 0.611. The second-order valence-electron chi connectivity index (χ2n) is 6.11. The second-order valence-corrected chi connectivity index (χ2v) is 6.55. The van der Waals surface area contributed by atoms with Gasteiger partial charge in [0.2, 0.25) is 5.95 Å². The Balaban J connectivity index is 1.74. The van der Waals surface area contributed by atoms with Gasteiger partial charge in [-0.3, -0.25) is 19.4 Å². The van der Waals surface area contributed by atoms with Crippen molar-refractivity contribution in [2.24, 2.45) is 13.0 Å². The van der Waals surface area contributed by atoms with Crippen LogP contribution in [0.15, 0.2) is 35.1 Å². The Bertz CT molecular complexity index is 906. The first kappa shape index (κ1) is 18.2. The fourth-order valence-corrected chi connectivity index (χ4v) is 3.01. The highest BCUT2D eigenvalue weighted by atomic mass is 35.5. The first-order valence-electron chi connectivity index (χ1n) is 8.20. The summed E-state index contributed by atoms with van der Waals surface area (Å²) < 4.78 is 1.44. The van der Waals surface area contributed by atoms with Gasteiger partial charge in [-0.1, -0.05) is 29.8 Å². The molecule has 136 valence electrons. The lowest BCUT2D eigenvalue weighted by Gasteiger charge is -2.19. The van der Waals surface area contributed by atoms with Crippen LogP contribution < -0.4 is 16.4 Å². The number of nitrogens with one attached hydrogen (secondary N) is 2. The average molecular weight is 375 g/mol. The van der Waals surface area contributed by atoms with Gasteiger partial charge in [-0.05, 0) is 36.6 Å². The number of anilines is 1. The largest absolute Gasteiger partial charge is 0.355 e. The summed E-state index contributed by atoms with van der Waals surface area (Å²) in [5.74, 6) is -0.651. The lowest BCUT2D eigenvalue weighted by atomic mass is 9.92. The number of nitrogens with zero attached hydrogens (tertiary/aromatic N) is 2. The van der Waals surface area contributed by atoms with E-state index in [0.29, 0.717) is 28.8 Å². The van der Waals surface area contributed by atoms with E-state index in [-0.39, 0.29) is 12.0 Å². The lowest BCUT2D eigenvalue weighted by Crippen LogP contribution is -2.34. The van der Waals surface area contributed by atoms with Crippen LogP contribution in [0.2, 0.25) is 5.02 Å². The number of hydrogen-bond acceptors (Lipinski definition) is 5. The fourth-order valence-electron chi connectivity index (χ4n) is 2.88. The number of halogens is 1. The Labute approximate surface area is 155 Å². The minimum absolute atomic E-state index is 0.205. The van der Waals surface area contributed by atoms with Crippen LogP contribution in [-0.4, -0.2) is 27.2 Å². The molecule has 0 bridgehead atoms. The molecule has 1 amide bonds. The first-order chi connectivity index (χ1) is 12.5. The molecular weight excluding hydrogens is 356 g/mol. The molecule has 0 spiro atoms. The van der Waals surface area contributed by atoms with Crippen molar-refractivity contribution in [1.82, 2.24) is 15.0 Å². The third kappa shape index (κ3) is 3.79. The Morgan fingerprint density at radius 3 is 2.81 bits per heavy atom. The van der Waals surface area contributed by atoms with Crippen molar-refractivity contribution in [2.75, 3.05) is 11.9 Å². The van der Waals surface area contributed by atoms with E-state index in [1.807, 2.05) is 24.3 Å². The zero-order valence-corrected chi connectivity index (χ0v) is 15.0. The molecule has 0 saturated carbocycles. The molecule has 8 heteroatoms. The van der Waals surface area contributed by atoms with Crippen molar-refractivity contribution in [2.45, 2.75) is 12.8 Å². The highest BCUT2D eigenvalue weighted by Crippen LogP contribution is 2.20. The van der Waals surface area contributed by atoms with E-state index < -0.39 is 11.8 Å². The zero-order chi connectivity index (χ0) is 18.7. The van der Waals surface area contributed by atoms with Gasteiger partial charge >= 0.3 is 0 Å². The molecule has 1 aromatic heterocycles. The van der Waals surface area contributed by atoms with Crippen molar-refractivity contribution < 1.29 is 10.0 Å². The van der Waals surface area contributed by atoms with Gasteiger partial charge in [0.15, 0.2) is 0 Å². The molecule has 1 atom stereocenters. The SMILES string of the molecule is Cn1c(NCCc2ccc(Cl)cc2)nc2c(c1=O)CC(C(=O)NO)C=C2. The molecule has 0 aliphatic heterocycles. The van der Waals surface area contributed by atoms with Crippen LogP contribution in [0.4, 0.5) is 5.95 Å². The maximum atomic E-state index is 12.6. The molecule has 26 heavy (non-hydrogen) atoms. The number of carbonyl (C=O) groups is 1. The smallest absolute Gasteiger partial charge is 0.258 e. The van der Waals surface area contributed by atoms with E-state index in [9.17, 15) is 9.59 Å². The van der Waals surface area contributed by atoms with E-state index in [0.717, 1.165) is 12.0 Å². The molecule has 7 nitrogen and oxygen atoms in total. The quantitative estimate of drug-likeness (QED) is 0.547. The van der Waals surface area contributed by atoms with E-state index in [2.05, 4.69) is 10.3 Å². The molecule has 0 radical (unpaired) electrons. The van der Waals surface area contributed by atoms with Crippen LogP contribution in [0.5, 0.6) is 0 Å². The number of aromatic nitrogens is 2. The maximum absolute atomic E-state index is 12.6. The van der Waals surface area contributed by atoms with Crippen molar-refractivity contribution in [1.29, 1.82) is 0 Å². The molecule has 1 aromatic carbocycles. The monoisotopic (exact) mass is 374 g/mol. The zero-order valence-electron chi connectivity index (χ0n) is 14.2. The predicted molar refractivity (Wildman–Crippen MR) is 99.3 cm³/mol. The first-order valence-corrected chi connectivity index (χ1v) is 8.57. The Hall–Kier alpha value is -2.64. The van der Waals surface area contributed by atoms with E-state index >= 15 is 0 Å². The molecule has 3 N–H and O–H groups in total. The summed E-state index contributed by atoms with van der Waals surface area (Å²) >= 11 is 5.88. The normalized spacial score (nSPS) is 15.4. The van der Waals surface area contributed by atoms with Gasteiger partial charge in [0.1, 0.15) is 0 Å². The fraction of sp³-hybridized carbons (Fsp3) is 0.278. The molecule has 1 heterocycles. The van der Waals surface area contributed by atoms with E-state index in [1.54, 1.807) is 24.7 Å². The molecule has 1 unspecified atom stereocenters. The van der Waals surface area contributed by atoms with Gasteiger partial charge in [0, 0.05) is 24.2 Å². The minimum atomic E-state index is -0.578. The number of hydrogen-bond donors (Lipinski definition) is 3. The van der Waals surface area contributed by atoms with Crippen LogP contribution in [0.1, 0.15) is 16.8 Å². The van der Waals surface area contributed by atoms with Gasteiger partial charge < -0.3 is 5.32 Å². The molecule has 1 aliphatic rings. The molecule has 0 fully saturated rings. The molecule has 0 saturated heterocycles. The third-order valence-electron chi connectivity index (χ3n) is 4.38. The maximum Gasteiger partial charge on any atom is 0.258 e. The van der Waals surface area contributed by atoms with Crippen molar-refractivity contribution in [3.8, 4) is 0 Å². The Kier molecular flexibility index (Phi) is 5.39. The summed E-state index contributed by atoms with van der Waals surface area (Å²) in [5, 5.41) is 12.6. The highest BCUT2D eigenvalue weighted by Gasteiger charge is 2.24. The minimum Gasteiger partial charge on any atom is -0.355 e. The van der Waals surface area contributed by atoms with Crippen molar-refractivity contribution in [3.63, 3.8) is 0 Å². The van der Waals surface area contributed by atoms with Gasteiger partial charge in [-0.2, -0.15) is 0 Å². The van der Waals surface area contributed by atoms with Crippen LogP contribution in [0.25, 0.3) is 6.08 Å². The molecule has 2 aromatic rings. The van der Waals surface area contributed by atoms with Gasteiger partial charge in [0.25, 0.3) is 11.5 Å². The highest BCUT2D eigenvalue weighted by molar-refractivity contribution is 6.30. The van der Waals surface area contributed by atoms with Gasteiger partial charge in [-0.15, -0.1) is 0 Å². The Morgan fingerprint density at radius 1 is 1.38 bits per heavy atom. The summed E-state index contributed by atoms with van der Waals surface area (Å²) in [4.78, 5) is 28.7. The number of carbonyl (C=O) groups excluding carboxylic acids is 1. The number of benzene rings is 1. The number of fused-ring (bicyclic) bond motifs is 1. The summed E-state index contributed by atoms with van der Waals surface area (Å²) in [7, 11) is 1.64. The topological polar surface area (TPSA) is 96.2 Å². The van der Waals surface area contributed by atoms with Crippen LogP contribution >= 0.6 is 11.6 Å². The second kappa shape index (κ2) is 7.72. The molecule has 1 aliphatic carbocycles. The standard InChI is InChI=1S/C18H19ClN4O3/c1-23-17(25)14-10-12(16(24)22-26)4-7-15(14)21-18(23)20-9-8-11-2-5-13(19)6-3-11/h2-7,12,26H,8-10H2,1H3,(H,20,21)(H,22,24). The average Bonchev–Trinajstić information content (AvgIpc) is 2.66. The summed E-state index contributed by atoms with van der Waals surface area (Å²) in [6.07, 6.45) is 4.25. The van der Waals surface area contributed by atoms with Crippen LogP contribution in [-0.2, 0) is 24.7 Å². The van der Waals surface area contributed by atoms with Gasteiger partial charge in [0.05, 0.1) is 11.6 Å². The van der Waals surface area contributed by atoms with Crippen molar-refractivity contribution in [3.05, 3.63) is 62.5 Å². The van der Waals surface area contributed by atoms with Crippen LogP contribution in [0.3, 0.4) is 0 Å². The van der Waals surface area contributed by atoms with Gasteiger partial charge in [-0.25, -0.2) is 10.5 Å². The summed E-state index contributed by atoms with van der Waals surface area (Å²) in [5.41, 5.74) is 3.55. The van der Waals surface area contributed by atoms with E-state index in [4.69, 9.17) is 16.8 Å². The van der Waals surface area contributed by atoms with E-state index in [1.165, 1.54) is 4.57 Å².